The van der Waals surface area contributed by atoms with Crippen LogP contribution < -0.4 is 0 Å². The molecule has 0 spiro atoms. The molecule has 0 amide bonds. The number of alkyl halides is 3. The van der Waals surface area contributed by atoms with Crippen LogP contribution in [0.15, 0.2) is 84.9 Å². The van der Waals surface area contributed by atoms with Crippen molar-refractivity contribution in [1.82, 2.24) is 4.98 Å². The summed E-state index contributed by atoms with van der Waals surface area (Å²) in [7, 11) is 0. The molecule has 1 heterocycles. The number of hydrogen-bond acceptors (Lipinski definition) is 1. The predicted molar refractivity (Wildman–Crippen MR) is 114 cm³/mol. The Labute approximate surface area is 171 Å². The molecule has 0 radical (unpaired) electrons. The summed E-state index contributed by atoms with van der Waals surface area (Å²) < 4.78 is 40.1. The van der Waals surface area contributed by atoms with Gasteiger partial charge in [0.1, 0.15) is 0 Å². The van der Waals surface area contributed by atoms with Gasteiger partial charge in [0.2, 0.25) is 0 Å². The van der Waals surface area contributed by atoms with Crippen LogP contribution in [-0.4, -0.2) is 4.98 Å². The highest BCUT2D eigenvalue weighted by Gasteiger charge is 2.31. The molecule has 0 aliphatic rings. The van der Waals surface area contributed by atoms with Gasteiger partial charge in [0, 0.05) is 16.3 Å². The fourth-order valence-electron chi connectivity index (χ4n) is 3.72. The van der Waals surface area contributed by atoms with Crippen LogP contribution in [0.25, 0.3) is 43.7 Å². The first-order valence-electron chi connectivity index (χ1n) is 8.89. The second kappa shape index (κ2) is 7.05. The number of aromatic nitrogens is 1. The van der Waals surface area contributed by atoms with E-state index in [0.717, 1.165) is 38.9 Å². The number of benzene rings is 4. The van der Waals surface area contributed by atoms with E-state index < -0.39 is 11.7 Å². The molecule has 5 rings (SSSR count). The normalized spacial score (nSPS) is 11.7. The quantitative estimate of drug-likeness (QED) is 0.259. The van der Waals surface area contributed by atoms with Crippen LogP contribution in [0.4, 0.5) is 13.2 Å². The summed E-state index contributed by atoms with van der Waals surface area (Å²) in [5, 5.41) is 3.42. The smallest absolute Gasteiger partial charge is 0.248 e. The Kier molecular flexibility index (Phi) is 4.67. The summed E-state index contributed by atoms with van der Waals surface area (Å²) in [6, 6.07) is 25.2. The van der Waals surface area contributed by atoms with Crippen molar-refractivity contribution in [1.29, 1.82) is 0 Å². The standard InChI is InChI=1S/C24H14F3N.ClH/c25-24(26,27)18-10-11-21-20(14-18)23(15-6-2-1-3-7-15)19-12-16-8-4-5-9-17(16)13-22(19)28-21;/h1-14H;1H. The zero-order chi connectivity index (χ0) is 19.3. The van der Waals surface area contributed by atoms with Crippen LogP contribution in [0.5, 0.6) is 0 Å². The van der Waals surface area contributed by atoms with E-state index in [9.17, 15) is 13.2 Å². The molecule has 0 saturated heterocycles. The van der Waals surface area contributed by atoms with Crippen LogP contribution in [-0.2, 0) is 6.18 Å². The van der Waals surface area contributed by atoms with Crippen molar-refractivity contribution >= 4 is 45.0 Å². The van der Waals surface area contributed by atoms with Gasteiger partial charge in [-0.15, -0.1) is 12.4 Å². The molecule has 5 aromatic rings. The van der Waals surface area contributed by atoms with E-state index in [2.05, 4.69) is 4.98 Å². The lowest BCUT2D eigenvalue weighted by Gasteiger charge is -2.14. The molecule has 0 saturated carbocycles. The minimum Gasteiger partial charge on any atom is -0.248 e. The third-order valence-corrected chi connectivity index (χ3v) is 5.03. The van der Waals surface area contributed by atoms with Crippen LogP contribution in [0.3, 0.4) is 0 Å². The summed E-state index contributed by atoms with van der Waals surface area (Å²) in [6.07, 6.45) is -4.40. The van der Waals surface area contributed by atoms with Crippen molar-refractivity contribution in [2.24, 2.45) is 0 Å². The van der Waals surface area contributed by atoms with Gasteiger partial charge in [0.05, 0.1) is 16.6 Å². The van der Waals surface area contributed by atoms with E-state index in [1.54, 1.807) is 0 Å². The average molecular weight is 410 g/mol. The molecule has 0 atom stereocenters. The van der Waals surface area contributed by atoms with Gasteiger partial charge in [-0.2, -0.15) is 13.2 Å². The first kappa shape index (κ1) is 19.2. The average Bonchev–Trinajstić information content (AvgIpc) is 2.70. The first-order valence-corrected chi connectivity index (χ1v) is 8.89. The second-order valence-corrected chi connectivity index (χ2v) is 6.80. The van der Waals surface area contributed by atoms with Gasteiger partial charge in [-0.05, 0) is 46.7 Å². The molecule has 29 heavy (non-hydrogen) atoms. The molecule has 0 aliphatic carbocycles. The molecule has 0 fully saturated rings. The number of fused-ring (bicyclic) bond motifs is 3. The summed E-state index contributed by atoms with van der Waals surface area (Å²) in [5.74, 6) is 0. The van der Waals surface area contributed by atoms with Gasteiger partial charge in [0.25, 0.3) is 0 Å². The lowest BCUT2D eigenvalue weighted by molar-refractivity contribution is -0.137. The van der Waals surface area contributed by atoms with Gasteiger partial charge < -0.3 is 0 Å². The van der Waals surface area contributed by atoms with Crippen molar-refractivity contribution in [2.45, 2.75) is 6.18 Å². The minimum atomic E-state index is -4.40. The second-order valence-electron chi connectivity index (χ2n) is 6.80. The van der Waals surface area contributed by atoms with Gasteiger partial charge in [0.15, 0.2) is 0 Å². The lowest BCUT2D eigenvalue weighted by atomic mass is 9.93. The van der Waals surface area contributed by atoms with Crippen LogP contribution in [0.1, 0.15) is 5.56 Å². The Hall–Kier alpha value is -3.11. The summed E-state index contributed by atoms with van der Waals surface area (Å²) in [4.78, 5) is 4.67. The molecule has 1 nitrogen and oxygen atoms in total. The zero-order valence-electron chi connectivity index (χ0n) is 15.1. The molecule has 0 N–H and O–H groups in total. The van der Waals surface area contributed by atoms with Crippen LogP contribution in [0, 0.1) is 0 Å². The van der Waals surface area contributed by atoms with Gasteiger partial charge in [-0.25, -0.2) is 4.98 Å². The maximum absolute atomic E-state index is 13.4. The maximum Gasteiger partial charge on any atom is 0.416 e. The van der Waals surface area contributed by atoms with Crippen molar-refractivity contribution in [2.75, 3.05) is 0 Å². The SMILES string of the molecule is Cl.FC(F)(F)c1ccc2nc3cc4ccccc4cc3c(-c3ccccc3)c2c1. The number of nitrogens with zero attached hydrogens (tertiary/aromatic N) is 1. The zero-order valence-corrected chi connectivity index (χ0v) is 15.9. The van der Waals surface area contributed by atoms with E-state index in [1.165, 1.54) is 12.1 Å². The van der Waals surface area contributed by atoms with Gasteiger partial charge in [-0.1, -0.05) is 54.6 Å². The van der Waals surface area contributed by atoms with E-state index in [1.807, 2.05) is 66.7 Å². The first-order chi connectivity index (χ1) is 13.5. The number of rotatable bonds is 1. The topological polar surface area (TPSA) is 12.9 Å². The van der Waals surface area contributed by atoms with E-state index in [4.69, 9.17) is 0 Å². The third-order valence-electron chi connectivity index (χ3n) is 5.03. The van der Waals surface area contributed by atoms with Crippen LogP contribution >= 0.6 is 12.4 Å². The molecule has 0 bridgehead atoms. The molecule has 5 heteroatoms. The molecule has 0 aliphatic heterocycles. The lowest BCUT2D eigenvalue weighted by Crippen LogP contribution is -2.04. The monoisotopic (exact) mass is 409 g/mol. The molecular weight excluding hydrogens is 395 g/mol. The summed E-state index contributed by atoms with van der Waals surface area (Å²) in [5.41, 5.74) is 2.30. The third kappa shape index (κ3) is 3.30. The maximum atomic E-state index is 13.4. The number of halogens is 4. The van der Waals surface area contributed by atoms with Crippen molar-refractivity contribution in [3.8, 4) is 11.1 Å². The fraction of sp³-hybridized carbons (Fsp3) is 0.0417. The Morgan fingerprint density at radius 1 is 0.621 bits per heavy atom. The van der Waals surface area contributed by atoms with Gasteiger partial charge in [-0.3, -0.25) is 0 Å². The number of hydrogen-bond donors (Lipinski definition) is 0. The highest BCUT2D eigenvalue weighted by Crippen LogP contribution is 2.39. The predicted octanol–water partition coefficient (Wildman–Crippen LogP) is 7.65. The van der Waals surface area contributed by atoms with Gasteiger partial charge >= 0.3 is 6.18 Å². The van der Waals surface area contributed by atoms with Crippen molar-refractivity contribution in [3.63, 3.8) is 0 Å². The number of pyridine rings is 1. The Balaban J connectivity index is 0.00000205. The molecule has 4 aromatic carbocycles. The largest absolute Gasteiger partial charge is 0.416 e. The minimum absolute atomic E-state index is 0. The van der Waals surface area contributed by atoms with E-state index in [0.29, 0.717) is 10.9 Å². The summed E-state index contributed by atoms with van der Waals surface area (Å²) in [6.45, 7) is 0. The Bertz CT molecular complexity index is 1340. The molecule has 144 valence electrons. The summed E-state index contributed by atoms with van der Waals surface area (Å²) >= 11 is 0. The molecule has 0 unspecified atom stereocenters. The highest BCUT2D eigenvalue weighted by molar-refractivity contribution is 6.12. The molecule has 1 aromatic heterocycles. The van der Waals surface area contributed by atoms with Crippen molar-refractivity contribution < 1.29 is 13.2 Å². The fourth-order valence-corrected chi connectivity index (χ4v) is 3.72. The van der Waals surface area contributed by atoms with E-state index in [-0.39, 0.29) is 12.4 Å². The van der Waals surface area contributed by atoms with Crippen molar-refractivity contribution in [3.05, 3.63) is 90.5 Å². The highest BCUT2D eigenvalue weighted by atomic mass is 35.5. The van der Waals surface area contributed by atoms with Crippen LogP contribution in [0.2, 0.25) is 0 Å². The Morgan fingerprint density at radius 2 is 1.24 bits per heavy atom. The van der Waals surface area contributed by atoms with E-state index >= 15 is 0 Å². The molecular formula is C24H15ClF3N. The Morgan fingerprint density at radius 3 is 1.93 bits per heavy atom.